The van der Waals surface area contributed by atoms with Gasteiger partial charge in [-0.1, -0.05) is 24.6 Å². The zero-order chi connectivity index (χ0) is 43.6. The van der Waals surface area contributed by atoms with E-state index >= 15 is 4.39 Å². The molecule has 14 nitrogen and oxygen atoms in total. The van der Waals surface area contributed by atoms with E-state index in [4.69, 9.17) is 4.74 Å². The van der Waals surface area contributed by atoms with Crippen LogP contribution in [-0.4, -0.2) is 144 Å². The molecule has 1 unspecified atom stereocenters. The summed E-state index contributed by atoms with van der Waals surface area (Å²) in [6.07, 6.45) is 9.69. The zero-order valence-corrected chi connectivity index (χ0v) is 37.4. The predicted molar refractivity (Wildman–Crippen MR) is 236 cm³/mol. The van der Waals surface area contributed by atoms with Crippen molar-refractivity contribution in [3.8, 4) is 0 Å². The van der Waals surface area contributed by atoms with Gasteiger partial charge in [-0.15, -0.1) is 0 Å². The third-order valence-electron chi connectivity index (χ3n) is 14.7. The number of sulfone groups is 1. The van der Waals surface area contributed by atoms with Crippen molar-refractivity contribution in [3.05, 3.63) is 71.1 Å². The summed E-state index contributed by atoms with van der Waals surface area (Å²) in [5.41, 5.74) is 3.68. The van der Waals surface area contributed by atoms with Gasteiger partial charge in [-0.2, -0.15) is 0 Å². The van der Waals surface area contributed by atoms with Crippen LogP contribution < -0.4 is 20.9 Å². The van der Waals surface area contributed by atoms with Gasteiger partial charge in [0.25, 0.3) is 0 Å². The van der Waals surface area contributed by atoms with Crippen LogP contribution in [0.15, 0.2) is 53.4 Å². The van der Waals surface area contributed by atoms with E-state index in [1.807, 2.05) is 12.1 Å². The first-order valence-corrected chi connectivity index (χ1v) is 24.3. The van der Waals surface area contributed by atoms with E-state index in [0.717, 1.165) is 107 Å². The summed E-state index contributed by atoms with van der Waals surface area (Å²) in [7, 11) is 1.01. The monoisotopic (exact) mass is 876 g/mol. The summed E-state index contributed by atoms with van der Waals surface area (Å²) in [5.74, 6) is 0.577. The number of carbonyl (C=O) groups excluding carboxylic acids is 3. The molecule has 0 radical (unpaired) electrons. The summed E-state index contributed by atoms with van der Waals surface area (Å²) in [4.78, 5) is 48.3. The highest BCUT2D eigenvalue weighted by atomic mass is 32.2. The number of halogens is 1. The van der Waals surface area contributed by atoms with Crippen molar-refractivity contribution in [2.24, 2.45) is 17.8 Å². The Kier molecular flexibility index (Phi) is 13.5. The van der Waals surface area contributed by atoms with Gasteiger partial charge in [0.15, 0.2) is 9.84 Å². The van der Waals surface area contributed by atoms with E-state index in [1.54, 1.807) is 37.2 Å². The van der Waals surface area contributed by atoms with Crippen molar-refractivity contribution in [2.45, 2.75) is 86.2 Å². The van der Waals surface area contributed by atoms with E-state index in [2.05, 4.69) is 36.7 Å². The molecule has 62 heavy (non-hydrogen) atoms. The Bertz CT molecular complexity index is 2100. The quantitative estimate of drug-likeness (QED) is 0.249. The number of likely N-dealkylation sites (tertiary alicyclic amines) is 3. The lowest BCUT2D eigenvalue weighted by atomic mass is 9.62. The number of carbonyl (C=O) groups is 3. The number of ether oxygens (including phenoxy) is 1. The number of hydrogen-bond donors (Lipinski definition) is 3. The Morgan fingerprint density at radius 2 is 1.71 bits per heavy atom. The van der Waals surface area contributed by atoms with Crippen molar-refractivity contribution in [2.75, 3.05) is 91.6 Å². The molecule has 4 atom stereocenters. The zero-order valence-electron chi connectivity index (χ0n) is 36.6. The molecule has 16 heteroatoms. The Hall–Kier alpha value is -4.25. The number of amides is 4. The lowest BCUT2D eigenvalue weighted by Gasteiger charge is -2.59. The van der Waals surface area contributed by atoms with Gasteiger partial charge in [-0.05, 0) is 105 Å². The van der Waals surface area contributed by atoms with E-state index in [1.165, 1.54) is 24.2 Å². The first kappa shape index (κ1) is 44.4. The third kappa shape index (κ3) is 8.81. The second kappa shape index (κ2) is 18.8. The van der Waals surface area contributed by atoms with Gasteiger partial charge in [-0.25, -0.2) is 22.4 Å². The molecule has 1 aliphatic carbocycles. The van der Waals surface area contributed by atoms with Gasteiger partial charge in [0.1, 0.15) is 5.82 Å². The number of urea groups is 1. The summed E-state index contributed by atoms with van der Waals surface area (Å²) in [6, 6.07) is 10.7. The molecule has 338 valence electrons. The molecule has 5 fully saturated rings. The van der Waals surface area contributed by atoms with Gasteiger partial charge in [-0.3, -0.25) is 9.69 Å². The molecule has 8 rings (SSSR count). The van der Waals surface area contributed by atoms with Crippen molar-refractivity contribution >= 4 is 33.6 Å². The number of nitrogens with one attached hydrogen (secondary N) is 3. The number of benzene rings is 2. The van der Waals surface area contributed by atoms with Crippen LogP contribution in [0.2, 0.25) is 0 Å². The minimum absolute atomic E-state index is 0.0337. The number of fused-ring (bicyclic) bond motifs is 1. The standard InChI is InChI=1S/C46H65FN8O6S/c1-51(2)43(56)14-6-19-49-44(57)53-20-7-11-36(31-53)62(59,60)42-16-15-41(37-26-48-27-38(37)42)54-29-32(30-54)28-52-23-17-33(18-24-52)46(55-21-8-22-55,34-9-4-10-35(47)25-34)39-12-5-13-40(39)50-45(58)61-3/h4,6,9-10,14-16,25,32-33,36,39-40,48H,5,7-8,11-13,17-24,26-31H2,1-3H3,(H,49,57)(H,50,58)/b14-6+/t36-,39+,40+,46?/m1/s1. The van der Waals surface area contributed by atoms with Gasteiger partial charge < -0.3 is 40.3 Å². The van der Waals surface area contributed by atoms with Crippen LogP contribution in [0.3, 0.4) is 0 Å². The minimum Gasteiger partial charge on any atom is -0.453 e. The Labute approximate surface area is 366 Å². The van der Waals surface area contributed by atoms with E-state index in [0.29, 0.717) is 49.2 Å². The van der Waals surface area contributed by atoms with Gasteiger partial charge in [0, 0.05) is 109 Å². The van der Waals surface area contributed by atoms with Gasteiger partial charge in [0.05, 0.1) is 22.8 Å². The maximum Gasteiger partial charge on any atom is 0.407 e. The molecule has 6 aliphatic rings. The molecule has 4 amide bonds. The molecule has 0 bridgehead atoms. The summed E-state index contributed by atoms with van der Waals surface area (Å²) in [6.45, 7) is 8.60. The minimum atomic E-state index is -3.71. The number of hydrogen-bond acceptors (Lipinski definition) is 10. The average Bonchev–Trinajstić information content (AvgIpc) is 3.92. The Balaban J connectivity index is 0.894. The van der Waals surface area contributed by atoms with Crippen LogP contribution in [0.4, 0.5) is 19.7 Å². The molecule has 5 aliphatic heterocycles. The van der Waals surface area contributed by atoms with Crippen LogP contribution >= 0.6 is 0 Å². The largest absolute Gasteiger partial charge is 0.453 e. The van der Waals surface area contributed by atoms with Crippen molar-refractivity contribution in [1.82, 2.24) is 35.6 Å². The average molecular weight is 877 g/mol. The fourth-order valence-corrected chi connectivity index (χ4v) is 13.6. The van der Waals surface area contributed by atoms with Crippen LogP contribution in [0.25, 0.3) is 0 Å². The smallest absolute Gasteiger partial charge is 0.407 e. The molecule has 0 aromatic heterocycles. The number of nitrogens with zero attached hydrogens (tertiary/aromatic N) is 5. The second-order valence-corrected chi connectivity index (χ2v) is 20.7. The normalized spacial score (nSPS) is 24.9. The highest BCUT2D eigenvalue weighted by Gasteiger charge is 2.56. The number of likely N-dealkylation sites (N-methyl/N-ethyl adjacent to an activating group) is 1. The fraction of sp³-hybridized carbons (Fsp3) is 0.630. The SMILES string of the molecule is COC(=O)N[C@H]1CCC[C@@H]1C(c1cccc(F)c1)(C1CCN(CC2CN(c3ccc(S(=O)(=O)[C@@H]4CCCN(C(=O)NC/C=C/C(=O)N(C)C)C4)c4c3CNC4)C2)CC1)N1CCC1. The lowest BCUT2D eigenvalue weighted by Crippen LogP contribution is -2.65. The number of rotatable bonds is 13. The molecule has 0 spiro atoms. The molecule has 2 aromatic carbocycles. The third-order valence-corrected chi connectivity index (χ3v) is 17.0. The van der Waals surface area contributed by atoms with Crippen LogP contribution in [0, 0.1) is 23.6 Å². The molecule has 3 N–H and O–H groups in total. The molecular weight excluding hydrogens is 812 g/mol. The van der Waals surface area contributed by atoms with E-state index in [9.17, 15) is 22.8 Å². The number of piperidine rings is 2. The lowest BCUT2D eigenvalue weighted by molar-refractivity contribution is -0.123. The fourth-order valence-electron chi connectivity index (χ4n) is 11.6. The summed E-state index contributed by atoms with van der Waals surface area (Å²) >= 11 is 0. The van der Waals surface area contributed by atoms with E-state index in [-0.39, 0.29) is 48.3 Å². The summed E-state index contributed by atoms with van der Waals surface area (Å²) < 4.78 is 48.6. The highest BCUT2D eigenvalue weighted by molar-refractivity contribution is 7.92. The Morgan fingerprint density at radius 1 is 0.935 bits per heavy atom. The van der Waals surface area contributed by atoms with Crippen LogP contribution in [0.1, 0.15) is 68.1 Å². The molecule has 4 saturated heterocycles. The first-order valence-electron chi connectivity index (χ1n) is 22.7. The topological polar surface area (TPSA) is 147 Å². The van der Waals surface area contributed by atoms with Gasteiger partial charge >= 0.3 is 12.1 Å². The second-order valence-electron chi connectivity index (χ2n) is 18.5. The first-order chi connectivity index (χ1) is 29.9. The number of anilines is 1. The van der Waals surface area contributed by atoms with E-state index < -0.39 is 21.2 Å². The number of methoxy groups -OCH3 is 1. The van der Waals surface area contributed by atoms with Crippen LogP contribution in [-0.2, 0) is 38.0 Å². The van der Waals surface area contributed by atoms with Gasteiger partial charge in [0.2, 0.25) is 5.91 Å². The molecule has 5 heterocycles. The highest BCUT2D eigenvalue weighted by Crippen LogP contribution is 2.54. The number of alkyl carbamates (subject to hydrolysis) is 1. The molecule has 1 saturated carbocycles. The van der Waals surface area contributed by atoms with Crippen LogP contribution in [0.5, 0.6) is 0 Å². The van der Waals surface area contributed by atoms with Crippen molar-refractivity contribution in [1.29, 1.82) is 0 Å². The van der Waals surface area contributed by atoms with Crippen molar-refractivity contribution < 1.29 is 31.9 Å². The predicted octanol–water partition coefficient (Wildman–Crippen LogP) is 4.30. The Morgan fingerprint density at radius 3 is 2.42 bits per heavy atom. The molecule has 2 aromatic rings. The van der Waals surface area contributed by atoms with Crippen molar-refractivity contribution in [3.63, 3.8) is 0 Å². The molecular formula is C46H65FN8O6S. The maximum absolute atomic E-state index is 15.1. The maximum atomic E-state index is 15.1. The summed E-state index contributed by atoms with van der Waals surface area (Å²) in [5, 5.41) is 8.70.